The average Bonchev–Trinajstić information content (AvgIpc) is 2.65. The van der Waals surface area contributed by atoms with Gasteiger partial charge >= 0.3 is 12.1 Å². The number of hydrogen-bond acceptors (Lipinski definition) is 4. The average molecular weight is 281 g/mol. The number of hydrogen-bond donors (Lipinski definition) is 1. The molecule has 20 heavy (non-hydrogen) atoms. The van der Waals surface area contributed by atoms with Crippen molar-refractivity contribution in [3.8, 4) is 0 Å². The van der Waals surface area contributed by atoms with E-state index in [1.165, 1.54) is 4.90 Å². The fourth-order valence-electron chi connectivity index (χ4n) is 2.15. The van der Waals surface area contributed by atoms with Crippen LogP contribution < -0.4 is 0 Å². The van der Waals surface area contributed by atoms with Gasteiger partial charge in [0.15, 0.2) is 0 Å². The molecule has 2 rings (SSSR count). The highest BCUT2D eigenvalue weighted by molar-refractivity contribution is 5.80. The lowest BCUT2D eigenvalue weighted by Crippen LogP contribution is -2.46. The van der Waals surface area contributed by atoms with Gasteiger partial charge < -0.3 is 9.84 Å². The Morgan fingerprint density at radius 3 is 2.75 bits per heavy atom. The number of aliphatic carboxylic acids is 1. The van der Waals surface area contributed by atoms with Gasteiger partial charge in [0.2, 0.25) is 0 Å². The molecule has 7 heteroatoms. The fraction of sp³-hybridized carbons (Fsp3) is 0.615. The van der Waals surface area contributed by atoms with Crippen molar-refractivity contribution in [1.29, 1.82) is 0 Å². The molecule has 0 saturated heterocycles. The number of amides is 1. The summed E-state index contributed by atoms with van der Waals surface area (Å²) < 4.78 is 7.02. The van der Waals surface area contributed by atoms with E-state index in [0.29, 0.717) is 13.0 Å². The van der Waals surface area contributed by atoms with Crippen LogP contribution in [-0.2, 0) is 22.6 Å². The summed E-state index contributed by atoms with van der Waals surface area (Å²) in [6.07, 6.45) is 1.34. The van der Waals surface area contributed by atoms with Gasteiger partial charge in [0, 0.05) is 12.7 Å². The van der Waals surface area contributed by atoms with Crippen molar-refractivity contribution in [3.05, 3.63) is 18.0 Å². The van der Waals surface area contributed by atoms with Gasteiger partial charge in [0.1, 0.15) is 11.6 Å². The van der Waals surface area contributed by atoms with E-state index in [1.54, 1.807) is 37.7 Å². The first-order chi connectivity index (χ1) is 9.28. The zero-order chi connectivity index (χ0) is 14.9. The summed E-state index contributed by atoms with van der Waals surface area (Å²) >= 11 is 0. The first-order valence-electron chi connectivity index (χ1n) is 6.51. The smallest absolute Gasteiger partial charge is 0.411 e. The Labute approximate surface area is 117 Å². The molecule has 0 saturated carbocycles. The number of carboxylic acid groups (broad SMARTS) is 1. The minimum Gasteiger partial charge on any atom is -0.480 e. The van der Waals surface area contributed by atoms with Gasteiger partial charge in [0.05, 0.1) is 12.2 Å². The maximum absolute atomic E-state index is 12.2. The molecule has 1 aliphatic heterocycles. The molecule has 0 radical (unpaired) electrons. The highest BCUT2D eigenvalue weighted by Crippen LogP contribution is 2.20. The Morgan fingerprint density at radius 2 is 2.15 bits per heavy atom. The third kappa shape index (κ3) is 3.09. The summed E-state index contributed by atoms with van der Waals surface area (Å²) in [6.45, 7) is 5.92. The Bertz CT molecular complexity index is 518. The number of aryl methyl sites for hydroxylation is 1. The topological polar surface area (TPSA) is 84.7 Å². The van der Waals surface area contributed by atoms with Gasteiger partial charge in [0.25, 0.3) is 0 Å². The number of fused-ring (bicyclic) bond motifs is 1. The van der Waals surface area contributed by atoms with Crippen LogP contribution in [0.2, 0.25) is 0 Å². The third-order valence-corrected chi connectivity index (χ3v) is 3.04. The second-order valence-electron chi connectivity index (χ2n) is 5.80. The molecule has 1 N–H and O–H groups in total. The Balaban J connectivity index is 2.25. The van der Waals surface area contributed by atoms with Crippen molar-refractivity contribution in [3.63, 3.8) is 0 Å². The predicted octanol–water partition coefficient (Wildman–Crippen LogP) is 1.48. The Kier molecular flexibility index (Phi) is 3.69. The molecular formula is C13H19N3O4. The van der Waals surface area contributed by atoms with Crippen LogP contribution in [0.4, 0.5) is 4.79 Å². The molecule has 1 aliphatic rings. The highest BCUT2D eigenvalue weighted by Gasteiger charge is 2.35. The largest absolute Gasteiger partial charge is 0.480 e. The quantitative estimate of drug-likeness (QED) is 0.842. The molecule has 0 aromatic carbocycles. The van der Waals surface area contributed by atoms with Gasteiger partial charge in [-0.1, -0.05) is 0 Å². The summed E-state index contributed by atoms with van der Waals surface area (Å²) in [4.78, 5) is 24.9. The summed E-state index contributed by atoms with van der Waals surface area (Å²) in [5, 5.41) is 13.4. The zero-order valence-corrected chi connectivity index (χ0v) is 11.9. The minimum atomic E-state index is -1.03. The number of rotatable bonds is 1. The molecule has 0 fully saturated rings. The fourth-order valence-corrected chi connectivity index (χ4v) is 2.15. The van der Waals surface area contributed by atoms with Crippen LogP contribution in [0.5, 0.6) is 0 Å². The Morgan fingerprint density at radius 1 is 1.45 bits per heavy atom. The number of aromatic nitrogens is 2. The molecule has 110 valence electrons. The monoisotopic (exact) mass is 281 g/mol. The van der Waals surface area contributed by atoms with E-state index in [4.69, 9.17) is 4.74 Å². The molecule has 1 unspecified atom stereocenters. The van der Waals surface area contributed by atoms with Crippen LogP contribution in [0.1, 0.15) is 32.9 Å². The number of carboxylic acids is 1. The molecule has 2 heterocycles. The number of nitrogens with zero attached hydrogens (tertiary/aromatic N) is 3. The molecule has 1 aromatic rings. The van der Waals surface area contributed by atoms with Crippen molar-refractivity contribution in [2.75, 3.05) is 0 Å². The number of carbonyl (C=O) groups excluding carboxylic acids is 1. The highest BCUT2D eigenvalue weighted by atomic mass is 16.6. The van der Waals surface area contributed by atoms with Gasteiger partial charge in [-0.3, -0.25) is 9.58 Å². The van der Waals surface area contributed by atoms with Crippen LogP contribution in [0.3, 0.4) is 0 Å². The summed E-state index contributed by atoms with van der Waals surface area (Å²) in [5.41, 5.74) is 0.145. The third-order valence-electron chi connectivity index (χ3n) is 3.04. The maximum atomic E-state index is 12.2. The second-order valence-corrected chi connectivity index (χ2v) is 5.80. The molecule has 1 amide bonds. The van der Waals surface area contributed by atoms with Crippen LogP contribution in [0.15, 0.2) is 12.3 Å². The van der Waals surface area contributed by atoms with Crippen molar-refractivity contribution in [1.82, 2.24) is 14.7 Å². The second kappa shape index (κ2) is 5.15. The molecule has 7 nitrogen and oxygen atoms in total. The van der Waals surface area contributed by atoms with Gasteiger partial charge in [-0.05, 0) is 33.3 Å². The zero-order valence-electron chi connectivity index (χ0n) is 11.9. The van der Waals surface area contributed by atoms with Crippen LogP contribution in [-0.4, -0.2) is 43.5 Å². The van der Waals surface area contributed by atoms with Gasteiger partial charge in [-0.2, -0.15) is 5.10 Å². The summed E-state index contributed by atoms with van der Waals surface area (Å²) in [5.74, 6) is -1.03. The van der Waals surface area contributed by atoms with Crippen molar-refractivity contribution in [2.45, 2.75) is 51.9 Å². The lowest BCUT2D eigenvalue weighted by atomic mass is 10.2. The number of carbonyl (C=O) groups is 2. The van der Waals surface area contributed by atoms with E-state index >= 15 is 0 Å². The molecular weight excluding hydrogens is 262 g/mol. The Hall–Kier alpha value is -2.05. The van der Waals surface area contributed by atoms with Gasteiger partial charge in [-0.15, -0.1) is 0 Å². The van der Waals surface area contributed by atoms with Crippen LogP contribution >= 0.6 is 0 Å². The summed E-state index contributed by atoms with van der Waals surface area (Å²) in [6, 6.07) is 0.883. The first kappa shape index (κ1) is 14.4. The standard InChI is InChI=1S/C13H19N3O4/c1-13(2,3)20-12(19)15-8-9-4-6-14-16(9)7-5-10(15)11(17)18/h4,6,10H,5,7-8H2,1-3H3,(H,17,18). The molecule has 0 bridgehead atoms. The molecule has 1 atom stereocenters. The minimum absolute atomic E-state index is 0.186. The lowest BCUT2D eigenvalue weighted by molar-refractivity contribution is -0.143. The van der Waals surface area contributed by atoms with Crippen molar-refractivity contribution >= 4 is 12.1 Å². The van der Waals surface area contributed by atoms with E-state index in [0.717, 1.165) is 5.69 Å². The summed E-state index contributed by atoms with van der Waals surface area (Å²) in [7, 11) is 0. The van der Waals surface area contributed by atoms with Crippen molar-refractivity contribution < 1.29 is 19.4 Å². The SMILES string of the molecule is CC(C)(C)OC(=O)N1Cc2ccnn2CCC1C(=O)O. The van der Waals surface area contributed by atoms with E-state index in [1.807, 2.05) is 0 Å². The predicted molar refractivity (Wildman–Crippen MR) is 70.0 cm³/mol. The van der Waals surface area contributed by atoms with E-state index < -0.39 is 23.7 Å². The van der Waals surface area contributed by atoms with Crippen molar-refractivity contribution in [2.24, 2.45) is 0 Å². The normalized spacial score (nSPS) is 19.1. The molecule has 1 aromatic heterocycles. The maximum Gasteiger partial charge on any atom is 0.411 e. The van der Waals surface area contributed by atoms with E-state index in [9.17, 15) is 14.7 Å². The van der Waals surface area contributed by atoms with E-state index in [2.05, 4.69) is 5.10 Å². The number of ether oxygens (including phenoxy) is 1. The van der Waals surface area contributed by atoms with E-state index in [-0.39, 0.29) is 6.54 Å². The lowest BCUT2D eigenvalue weighted by Gasteiger charge is -2.29. The van der Waals surface area contributed by atoms with Gasteiger partial charge in [-0.25, -0.2) is 9.59 Å². The first-order valence-corrected chi connectivity index (χ1v) is 6.51. The molecule has 0 aliphatic carbocycles. The molecule has 0 spiro atoms. The van der Waals surface area contributed by atoms with Crippen LogP contribution in [0.25, 0.3) is 0 Å². The van der Waals surface area contributed by atoms with Crippen LogP contribution in [0, 0.1) is 0 Å².